The van der Waals surface area contributed by atoms with Crippen molar-refractivity contribution in [3.05, 3.63) is 0 Å². The lowest BCUT2D eigenvalue weighted by atomic mass is 9.85. The van der Waals surface area contributed by atoms with Crippen molar-refractivity contribution in [1.82, 2.24) is 4.90 Å². The summed E-state index contributed by atoms with van der Waals surface area (Å²) in [7, 11) is 0. The molecule has 3 nitrogen and oxygen atoms in total. The molecule has 0 amide bonds. The average Bonchev–Trinajstić information content (AvgIpc) is 2.14. The van der Waals surface area contributed by atoms with E-state index >= 15 is 0 Å². The fourth-order valence-electron chi connectivity index (χ4n) is 1.51. The summed E-state index contributed by atoms with van der Waals surface area (Å²) < 4.78 is 0. The summed E-state index contributed by atoms with van der Waals surface area (Å²) in [5, 5.41) is 9.00. The molecule has 0 aliphatic heterocycles. The van der Waals surface area contributed by atoms with Crippen molar-refractivity contribution < 1.29 is 5.11 Å². The Hall–Kier alpha value is -0.120. The number of hydrogen-bond donors (Lipinski definition) is 2. The summed E-state index contributed by atoms with van der Waals surface area (Å²) in [6.07, 6.45) is 2.38. The second kappa shape index (κ2) is 7.20. The lowest BCUT2D eigenvalue weighted by molar-refractivity contribution is 0.129. The largest absolute Gasteiger partial charge is 0.395 e. The van der Waals surface area contributed by atoms with E-state index < -0.39 is 0 Å². The molecule has 0 saturated carbocycles. The molecule has 0 aromatic rings. The van der Waals surface area contributed by atoms with Gasteiger partial charge in [0.2, 0.25) is 0 Å². The zero-order chi connectivity index (χ0) is 11.9. The fourth-order valence-corrected chi connectivity index (χ4v) is 1.51. The summed E-state index contributed by atoms with van der Waals surface area (Å²) in [4.78, 5) is 2.31. The van der Waals surface area contributed by atoms with Crippen LogP contribution < -0.4 is 5.73 Å². The van der Waals surface area contributed by atoms with Gasteiger partial charge in [0.25, 0.3) is 0 Å². The molecule has 0 saturated heterocycles. The smallest absolute Gasteiger partial charge is 0.0558 e. The monoisotopic (exact) mass is 216 g/mol. The Morgan fingerprint density at radius 1 is 1.33 bits per heavy atom. The van der Waals surface area contributed by atoms with Crippen LogP contribution in [0.15, 0.2) is 0 Å². The van der Waals surface area contributed by atoms with Gasteiger partial charge in [-0.2, -0.15) is 0 Å². The van der Waals surface area contributed by atoms with Crippen LogP contribution in [-0.4, -0.2) is 42.3 Å². The molecule has 1 unspecified atom stereocenters. The number of hydrogen-bond acceptors (Lipinski definition) is 3. The van der Waals surface area contributed by atoms with Crippen molar-refractivity contribution in [1.29, 1.82) is 0 Å². The minimum atomic E-state index is 0.114. The summed E-state index contributed by atoms with van der Waals surface area (Å²) in [6, 6.07) is 0.181. The van der Waals surface area contributed by atoms with Crippen LogP contribution >= 0.6 is 0 Å². The highest BCUT2D eigenvalue weighted by molar-refractivity contribution is 4.81. The average molecular weight is 216 g/mol. The first-order chi connectivity index (χ1) is 6.94. The molecule has 0 aromatic carbocycles. The zero-order valence-corrected chi connectivity index (χ0v) is 10.8. The number of aliphatic hydroxyl groups is 1. The molecule has 0 radical (unpaired) electrons. The molecule has 0 aliphatic carbocycles. The molecule has 15 heavy (non-hydrogen) atoms. The third kappa shape index (κ3) is 6.13. The van der Waals surface area contributed by atoms with Gasteiger partial charge in [0.15, 0.2) is 0 Å². The lowest BCUT2D eigenvalue weighted by Crippen LogP contribution is -2.45. The van der Waals surface area contributed by atoms with E-state index in [1.165, 1.54) is 12.8 Å². The molecular formula is C12H28N2O. The molecule has 0 heterocycles. The summed E-state index contributed by atoms with van der Waals surface area (Å²) >= 11 is 0. The van der Waals surface area contributed by atoms with Crippen molar-refractivity contribution in [2.45, 2.75) is 46.6 Å². The Labute approximate surface area is 94.6 Å². The molecule has 0 rings (SSSR count). The van der Waals surface area contributed by atoms with E-state index in [1.807, 2.05) is 0 Å². The second-order valence-electron chi connectivity index (χ2n) is 5.13. The highest BCUT2D eigenvalue weighted by atomic mass is 16.3. The minimum Gasteiger partial charge on any atom is -0.395 e. The standard InChI is InChI=1S/C12H28N2O/c1-5-6-7-14(8-9-15)10-12(3,4)11(2)13/h11,15H,5-10,13H2,1-4H3. The van der Waals surface area contributed by atoms with Gasteiger partial charge < -0.3 is 15.7 Å². The third-order valence-corrected chi connectivity index (χ3v) is 3.11. The highest BCUT2D eigenvalue weighted by Crippen LogP contribution is 2.20. The fraction of sp³-hybridized carbons (Fsp3) is 1.00. The highest BCUT2D eigenvalue weighted by Gasteiger charge is 2.25. The number of nitrogens with two attached hydrogens (primary N) is 1. The van der Waals surface area contributed by atoms with Gasteiger partial charge in [0, 0.05) is 19.1 Å². The number of aliphatic hydroxyl groups excluding tert-OH is 1. The molecule has 0 fully saturated rings. The van der Waals surface area contributed by atoms with Crippen molar-refractivity contribution in [3.8, 4) is 0 Å². The number of nitrogens with zero attached hydrogens (tertiary/aromatic N) is 1. The van der Waals surface area contributed by atoms with Crippen LogP contribution in [0.3, 0.4) is 0 Å². The van der Waals surface area contributed by atoms with E-state index in [-0.39, 0.29) is 18.1 Å². The molecule has 0 spiro atoms. The normalized spacial score (nSPS) is 14.6. The minimum absolute atomic E-state index is 0.114. The van der Waals surface area contributed by atoms with Crippen LogP contribution in [0.2, 0.25) is 0 Å². The molecule has 0 bridgehead atoms. The van der Waals surface area contributed by atoms with Gasteiger partial charge in [-0.25, -0.2) is 0 Å². The number of unbranched alkanes of at least 4 members (excludes halogenated alkanes) is 1. The van der Waals surface area contributed by atoms with E-state index in [1.54, 1.807) is 0 Å². The first kappa shape index (κ1) is 14.9. The summed E-state index contributed by atoms with van der Waals surface area (Å²) in [5.74, 6) is 0. The summed E-state index contributed by atoms with van der Waals surface area (Å²) in [6.45, 7) is 11.6. The molecule has 3 heteroatoms. The lowest BCUT2D eigenvalue weighted by Gasteiger charge is -2.35. The van der Waals surface area contributed by atoms with E-state index in [0.717, 1.165) is 19.6 Å². The Kier molecular flexibility index (Phi) is 7.14. The predicted octanol–water partition coefficient (Wildman–Crippen LogP) is 1.45. The quantitative estimate of drug-likeness (QED) is 0.646. The topological polar surface area (TPSA) is 49.5 Å². The maximum Gasteiger partial charge on any atom is 0.0558 e. The van der Waals surface area contributed by atoms with Crippen LogP contribution in [-0.2, 0) is 0 Å². The maximum atomic E-state index is 9.00. The van der Waals surface area contributed by atoms with E-state index in [2.05, 4.69) is 32.6 Å². The van der Waals surface area contributed by atoms with Crippen molar-refractivity contribution >= 4 is 0 Å². The molecule has 92 valence electrons. The van der Waals surface area contributed by atoms with Gasteiger partial charge in [-0.1, -0.05) is 27.2 Å². The van der Waals surface area contributed by atoms with Gasteiger partial charge in [-0.05, 0) is 25.3 Å². The second-order valence-corrected chi connectivity index (χ2v) is 5.13. The Morgan fingerprint density at radius 3 is 2.33 bits per heavy atom. The van der Waals surface area contributed by atoms with Gasteiger partial charge >= 0.3 is 0 Å². The third-order valence-electron chi connectivity index (χ3n) is 3.11. The first-order valence-corrected chi connectivity index (χ1v) is 6.02. The van der Waals surface area contributed by atoms with E-state index in [4.69, 9.17) is 10.8 Å². The molecule has 3 N–H and O–H groups in total. The van der Waals surface area contributed by atoms with Gasteiger partial charge in [-0.15, -0.1) is 0 Å². The Balaban J connectivity index is 4.13. The van der Waals surface area contributed by atoms with Crippen LogP contribution in [0.4, 0.5) is 0 Å². The zero-order valence-electron chi connectivity index (χ0n) is 10.8. The molecule has 0 aromatic heterocycles. The number of rotatable bonds is 8. The van der Waals surface area contributed by atoms with Crippen molar-refractivity contribution in [2.24, 2.45) is 11.1 Å². The van der Waals surface area contributed by atoms with Crippen LogP contribution in [0, 0.1) is 5.41 Å². The van der Waals surface area contributed by atoms with Crippen LogP contribution in [0.25, 0.3) is 0 Å². The van der Waals surface area contributed by atoms with Crippen molar-refractivity contribution in [3.63, 3.8) is 0 Å². The first-order valence-electron chi connectivity index (χ1n) is 6.02. The van der Waals surface area contributed by atoms with Crippen molar-refractivity contribution in [2.75, 3.05) is 26.2 Å². The Bertz CT molecular complexity index is 158. The molecule has 0 aliphatic rings. The van der Waals surface area contributed by atoms with E-state index in [9.17, 15) is 0 Å². The van der Waals surface area contributed by atoms with Crippen LogP contribution in [0.5, 0.6) is 0 Å². The van der Waals surface area contributed by atoms with E-state index in [0.29, 0.717) is 0 Å². The van der Waals surface area contributed by atoms with Gasteiger partial charge in [-0.3, -0.25) is 0 Å². The molecular weight excluding hydrogens is 188 g/mol. The molecule has 1 atom stereocenters. The van der Waals surface area contributed by atoms with Gasteiger partial charge in [0.05, 0.1) is 6.61 Å². The predicted molar refractivity (Wildman–Crippen MR) is 65.9 cm³/mol. The van der Waals surface area contributed by atoms with Gasteiger partial charge in [0.1, 0.15) is 0 Å². The summed E-state index contributed by atoms with van der Waals surface area (Å²) in [5.41, 5.74) is 6.07. The van der Waals surface area contributed by atoms with Crippen LogP contribution in [0.1, 0.15) is 40.5 Å². The SMILES string of the molecule is CCCCN(CCO)CC(C)(C)C(C)N. The Morgan fingerprint density at radius 2 is 1.93 bits per heavy atom. The maximum absolute atomic E-state index is 9.00.